The predicted octanol–water partition coefficient (Wildman–Crippen LogP) is 3.54. The van der Waals surface area contributed by atoms with E-state index in [0.717, 1.165) is 19.0 Å². The standard InChI is InChI=1S/C13H21NS/c1-11(2)8-9-14-10-12-4-6-13(15-3)7-5-12/h4-7,11,14H,8-10H2,1-3H3. The fourth-order valence-electron chi connectivity index (χ4n) is 1.37. The summed E-state index contributed by atoms with van der Waals surface area (Å²) in [6.45, 7) is 6.62. The summed E-state index contributed by atoms with van der Waals surface area (Å²) in [5.74, 6) is 0.788. The molecule has 1 rings (SSSR count). The third-order valence-electron chi connectivity index (χ3n) is 2.39. The van der Waals surface area contributed by atoms with Crippen LogP contribution in [0.2, 0.25) is 0 Å². The van der Waals surface area contributed by atoms with E-state index >= 15 is 0 Å². The van der Waals surface area contributed by atoms with Crippen molar-refractivity contribution >= 4 is 11.8 Å². The molecule has 0 aromatic heterocycles. The predicted molar refractivity (Wildman–Crippen MR) is 69.4 cm³/mol. The number of thioether (sulfide) groups is 1. The zero-order chi connectivity index (χ0) is 11.1. The van der Waals surface area contributed by atoms with Gasteiger partial charge in [-0.3, -0.25) is 0 Å². The Morgan fingerprint density at radius 3 is 2.40 bits per heavy atom. The summed E-state index contributed by atoms with van der Waals surface area (Å²) in [6, 6.07) is 8.77. The van der Waals surface area contributed by atoms with Gasteiger partial charge in [-0.1, -0.05) is 26.0 Å². The lowest BCUT2D eigenvalue weighted by Gasteiger charge is -2.07. The highest BCUT2D eigenvalue weighted by atomic mass is 32.2. The van der Waals surface area contributed by atoms with Gasteiger partial charge in [-0.05, 0) is 42.8 Å². The van der Waals surface area contributed by atoms with Crippen molar-refractivity contribution in [2.45, 2.75) is 31.7 Å². The lowest BCUT2D eigenvalue weighted by atomic mass is 10.1. The van der Waals surface area contributed by atoms with E-state index in [1.807, 2.05) is 0 Å². The second kappa shape index (κ2) is 6.91. The molecule has 1 aromatic rings. The van der Waals surface area contributed by atoms with Crippen molar-refractivity contribution in [1.82, 2.24) is 5.32 Å². The highest BCUT2D eigenvalue weighted by Crippen LogP contribution is 2.14. The van der Waals surface area contributed by atoms with Crippen molar-refractivity contribution in [2.24, 2.45) is 5.92 Å². The molecule has 0 aliphatic carbocycles. The summed E-state index contributed by atoms with van der Waals surface area (Å²) in [7, 11) is 0. The average Bonchev–Trinajstić information content (AvgIpc) is 2.25. The number of benzene rings is 1. The van der Waals surface area contributed by atoms with Crippen molar-refractivity contribution in [3.05, 3.63) is 29.8 Å². The quantitative estimate of drug-likeness (QED) is 0.585. The van der Waals surface area contributed by atoms with Crippen molar-refractivity contribution in [3.63, 3.8) is 0 Å². The van der Waals surface area contributed by atoms with Crippen molar-refractivity contribution in [1.29, 1.82) is 0 Å². The summed E-state index contributed by atoms with van der Waals surface area (Å²) in [6.07, 6.45) is 3.36. The Morgan fingerprint density at radius 1 is 1.20 bits per heavy atom. The Labute approximate surface area is 97.7 Å². The maximum Gasteiger partial charge on any atom is 0.0205 e. The average molecular weight is 223 g/mol. The van der Waals surface area contributed by atoms with Crippen molar-refractivity contribution in [2.75, 3.05) is 12.8 Å². The Balaban J connectivity index is 2.25. The highest BCUT2D eigenvalue weighted by molar-refractivity contribution is 7.98. The molecular formula is C13H21NS. The fourth-order valence-corrected chi connectivity index (χ4v) is 1.78. The van der Waals surface area contributed by atoms with Gasteiger partial charge >= 0.3 is 0 Å². The number of hydrogen-bond acceptors (Lipinski definition) is 2. The minimum absolute atomic E-state index is 0.788. The van der Waals surface area contributed by atoms with Gasteiger partial charge in [0.25, 0.3) is 0 Å². The second-order valence-electron chi connectivity index (χ2n) is 4.21. The van der Waals surface area contributed by atoms with E-state index in [1.165, 1.54) is 16.9 Å². The first-order valence-corrected chi connectivity index (χ1v) is 6.78. The summed E-state index contributed by atoms with van der Waals surface area (Å²) < 4.78 is 0. The Hall–Kier alpha value is -0.470. The molecule has 0 saturated carbocycles. The van der Waals surface area contributed by atoms with Gasteiger partial charge in [-0.25, -0.2) is 0 Å². The Bertz CT molecular complexity index is 266. The first kappa shape index (κ1) is 12.6. The van der Waals surface area contributed by atoms with Crippen molar-refractivity contribution < 1.29 is 0 Å². The van der Waals surface area contributed by atoms with Gasteiger partial charge in [0.05, 0.1) is 0 Å². The molecule has 0 heterocycles. The van der Waals surface area contributed by atoms with E-state index in [4.69, 9.17) is 0 Å². The molecule has 1 aromatic carbocycles. The van der Waals surface area contributed by atoms with E-state index in [9.17, 15) is 0 Å². The van der Waals surface area contributed by atoms with Gasteiger partial charge < -0.3 is 5.32 Å². The smallest absolute Gasteiger partial charge is 0.0205 e. The van der Waals surface area contributed by atoms with E-state index in [2.05, 4.69) is 49.7 Å². The molecule has 0 radical (unpaired) electrons. The minimum Gasteiger partial charge on any atom is -0.313 e. The first-order chi connectivity index (χ1) is 7.22. The Morgan fingerprint density at radius 2 is 1.87 bits per heavy atom. The van der Waals surface area contributed by atoms with Gasteiger partial charge in [0.2, 0.25) is 0 Å². The molecule has 2 heteroatoms. The first-order valence-electron chi connectivity index (χ1n) is 5.56. The van der Waals surface area contributed by atoms with Gasteiger partial charge in [0, 0.05) is 11.4 Å². The van der Waals surface area contributed by atoms with Crippen molar-refractivity contribution in [3.8, 4) is 0 Å². The van der Waals surface area contributed by atoms with Crippen LogP contribution < -0.4 is 5.32 Å². The third kappa shape index (κ3) is 5.24. The molecule has 1 nitrogen and oxygen atoms in total. The number of hydrogen-bond donors (Lipinski definition) is 1. The molecule has 15 heavy (non-hydrogen) atoms. The van der Waals surface area contributed by atoms with Gasteiger partial charge in [-0.2, -0.15) is 0 Å². The molecule has 0 atom stereocenters. The molecule has 0 amide bonds. The van der Waals surface area contributed by atoms with Gasteiger partial charge in [-0.15, -0.1) is 11.8 Å². The third-order valence-corrected chi connectivity index (χ3v) is 3.13. The van der Waals surface area contributed by atoms with Gasteiger partial charge in [0.1, 0.15) is 0 Å². The zero-order valence-corrected chi connectivity index (χ0v) is 10.7. The second-order valence-corrected chi connectivity index (χ2v) is 5.09. The summed E-state index contributed by atoms with van der Waals surface area (Å²) in [4.78, 5) is 1.33. The number of nitrogens with one attached hydrogen (secondary N) is 1. The lowest BCUT2D eigenvalue weighted by molar-refractivity contribution is 0.537. The molecule has 0 fully saturated rings. The van der Waals surface area contributed by atoms with Crippen LogP contribution in [0.4, 0.5) is 0 Å². The van der Waals surface area contributed by atoms with Crippen LogP contribution in [0.3, 0.4) is 0 Å². The van der Waals surface area contributed by atoms with E-state index in [0.29, 0.717) is 0 Å². The normalized spacial score (nSPS) is 10.9. The monoisotopic (exact) mass is 223 g/mol. The zero-order valence-electron chi connectivity index (χ0n) is 9.92. The largest absolute Gasteiger partial charge is 0.313 e. The molecular weight excluding hydrogens is 202 g/mol. The summed E-state index contributed by atoms with van der Waals surface area (Å²) in [5, 5.41) is 3.46. The molecule has 0 unspecified atom stereocenters. The topological polar surface area (TPSA) is 12.0 Å². The molecule has 0 aliphatic rings. The van der Waals surface area contributed by atoms with Gasteiger partial charge in [0.15, 0.2) is 0 Å². The van der Waals surface area contributed by atoms with Crippen LogP contribution in [0.15, 0.2) is 29.2 Å². The van der Waals surface area contributed by atoms with Crippen LogP contribution in [0.5, 0.6) is 0 Å². The molecule has 0 bridgehead atoms. The molecule has 0 spiro atoms. The van der Waals surface area contributed by atoms with Crippen LogP contribution in [-0.2, 0) is 6.54 Å². The van der Waals surface area contributed by atoms with Crippen LogP contribution in [-0.4, -0.2) is 12.8 Å². The van der Waals surface area contributed by atoms with E-state index in [-0.39, 0.29) is 0 Å². The SMILES string of the molecule is CSc1ccc(CNCCC(C)C)cc1. The van der Waals surface area contributed by atoms with Crippen LogP contribution >= 0.6 is 11.8 Å². The number of rotatable bonds is 6. The fraction of sp³-hybridized carbons (Fsp3) is 0.538. The molecule has 84 valence electrons. The van der Waals surface area contributed by atoms with Crippen LogP contribution in [0, 0.1) is 5.92 Å². The molecule has 0 aliphatic heterocycles. The lowest BCUT2D eigenvalue weighted by Crippen LogP contribution is -2.16. The van der Waals surface area contributed by atoms with E-state index in [1.54, 1.807) is 11.8 Å². The minimum atomic E-state index is 0.788. The molecule has 0 saturated heterocycles. The van der Waals surface area contributed by atoms with Crippen LogP contribution in [0.25, 0.3) is 0 Å². The van der Waals surface area contributed by atoms with E-state index < -0.39 is 0 Å². The summed E-state index contributed by atoms with van der Waals surface area (Å²) >= 11 is 1.79. The maximum absolute atomic E-state index is 3.46. The highest BCUT2D eigenvalue weighted by Gasteiger charge is 1.95. The Kier molecular flexibility index (Phi) is 5.81. The summed E-state index contributed by atoms with van der Waals surface area (Å²) in [5.41, 5.74) is 1.37. The molecule has 1 N–H and O–H groups in total. The van der Waals surface area contributed by atoms with Crippen LogP contribution in [0.1, 0.15) is 25.8 Å². The maximum atomic E-state index is 3.46.